The second-order valence-corrected chi connectivity index (χ2v) is 14.0. The number of carbonyl (C=O) groups excluding carboxylic acids is 2. The van der Waals surface area contributed by atoms with E-state index >= 15 is 0 Å². The molecule has 4 rings (SSSR count). The van der Waals surface area contributed by atoms with Crippen LogP contribution in [-0.2, 0) is 51.7 Å². The molecule has 4 aromatic rings. The number of fused-ring (bicyclic) bond motifs is 1. The maximum atomic E-state index is 12.7. The third-order valence-electron chi connectivity index (χ3n) is 4.98. The molecule has 0 saturated heterocycles. The van der Waals surface area contributed by atoms with E-state index in [0.29, 0.717) is 32.0 Å². The van der Waals surface area contributed by atoms with Crippen molar-refractivity contribution in [2.24, 2.45) is 5.11 Å². The Kier molecular flexibility index (Phi) is 15.4. The zero-order valence-corrected chi connectivity index (χ0v) is 31.6. The second-order valence-electron chi connectivity index (χ2n) is 8.11. The van der Waals surface area contributed by atoms with Crippen molar-refractivity contribution in [1.82, 2.24) is 4.98 Å². The number of hydrogen-bond donors (Lipinski definition) is 6. The number of nitrogens with one attached hydrogen (secondary N) is 5. The standard InChI is InChI=1S/C21H15Cl2N5O3S3.C4H7NO2S2.Zn/c22-19(23)20(29)24-12-5-8-16(9-6-12)34(30,31)28-14-3-1-13(2-4-14)26-27-15-7-10-17-18(11-15)33-21(32)25-17;1-2-7-3(6)5-4(8)9;/h1-11,19,28H,(H,24,29)(H,25,32);2H2,1H3,(H2,5,6,8,9);/q;;+2/p+3. The number of carbonyl (C=O) groups is 2. The molecule has 0 aliphatic rings. The predicted octanol–water partition coefficient (Wildman–Crippen LogP) is 3.52. The molecule has 0 fully saturated rings. The fourth-order valence-electron chi connectivity index (χ4n) is 3.14. The Morgan fingerprint density at radius 2 is 1.75 bits per heavy atom. The zero-order valence-electron chi connectivity index (χ0n) is 22.8. The van der Waals surface area contributed by atoms with Crippen molar-refractivity contribution in [3.63, 3.8) is 0 Å². The molecule has 44 heavy (non-hydrogen) atoms. The first-order valence-electron chi connectivity index (χ1n) is 12.0. The van der Waals surface area contributed by atoms with Gasteiger partial charge in [-0.2, -0.15) is 4.79 Å². The van der Waals surface area contributed by atoms with E-state index in [4.69, 9.17) is 35.4 Å². The number of ether oxygens (including phenoxy) is 1. The number of alkyl halides is 2. The maximum absolute atomic E-state index is 12.7. The number of hydrogen-bond acceptors (Lipinski definition) is 8. The van der Waals surface area contributed by atoms with E-state index in [1.807, 2.05) is 18.2 Å². The van der Waals surface area contributed by atoms with Crippen LogP contribution >= 0.6 is 59.4 Å². The maximum Gasteiger partial charge on any atom is 2.00 e. The molecule has 0 spiro atoms. The first kappa shape index (κ1) is 37.8. The van der Waals surface area contributed by atoms with E-state index < -0.39 is 26.9 Å². The van der Waals surface area contributed by atoms with Crippen LogP contribution in [0.25, 0.3) is 10.2 Å². The van der Waals surface area contributed by atoms with Gasteiger partial charge in [-0.05, 0) is 91.5 Å². The third kappa shape index (κ3) is 12.2. The van der Waals surface area contributed by atoms with Gasteiger partial charge in [-0.15, -0.1) is 11.3 Å². The van der Waals surface area contributed by atoms with E-state index in [1.54, 1.807) is 31.2 Å². The van der Waals surface area contributed by atoms with Crippen LogP contribution in [0.5, 0.6) is 0 Å². The summed E-state index contributed by atoms with van der Waals surface area (Å²) in [6.45, 7) is 2.09. The molecule has 0 saturated carbocycles. The summed E-state index contributed by atoms with van der Waals surface area (Å²) in [5.41, 5.74) is 3.12. The minimum atomic E-state index is -3.83. The molecular weight excluding hydrogens is 761 g/mol. The van der Waals surface area contributed by atoms with Gasteiger partial charge in [-0.3, -0.25) is 9.52 Å². The van der Waals surface area contributed by atoms with Gasteiger partial charge < -0.3 is 15.0 Å². The van der Waals surface area contributed by atoms with E-state index in [-0.39, 0.29) is 24.4 Å². The number of nitrogens with zero attached hydrogens (tertiary/aromatic N) is 1. The minimum absolute atomic E-state index is 0. The monoisotopic (exact) mass is 783 g/mol. The van der Waals surface area contributed by atoms with E-state index in [9.17, 15) is 18.0 Å². The van der Waals surface area contributed by atoms with Gasteiger partial charge in [0.1, 0.15) is 5.69 Å². The number of anilines is 2. The molecule has 0 aliphatic heterocycles. The fourth-order valence-corrected chi connectivity index (χ4v) is 5.65. The summed E-state index contributed by atoms with van der Waals surface area (Å²) in [5.74, 6) is -0.603. The molecule has 0 aliphatic carbocycles. The third-order valence-corrected chi connectivity index (χ3v) is 8.21. The minimum Gasteiger partial charge on any atom is -0.412 e. The topological polar surface area (TPSA) is 158 Å². The number of thiol groups is 1. The van der Waals surface area contributed by atoms with Gasteiger partial charge in [0, 0.05) is 23.5 Å². The Bertz CT molecular complexity index is 1810. The van der Waals surface area contributed by atoms with Gasteiger partial charge in [0.25, 0.3) is 15.9 Å². The molecule has 0 radical (unpaired) electrons. The smallest absolute Gasteiger partial charge is 0.412 e. The van der Waals surface area contributed by atoms with E-state index in [1.165, 1.54) is 35.6 Å². The van der Waals surface area contributed by atoms with Crippen molar-refractivity contribution in [3.05, 3.63) is 70.7 Å². The fraction of sp³-hybridized carbons (Fsp3) is 0.120. The second kappa shape index (κ2) is 17.9. The number of rotatable bonds is 8. The number of amides is 2. The number of azo groups is 1. The number of thiazole rings is 1. The summed E-state index contributed by atoms with van der Waals surface area (Å²) in [7, 11) is -3.83. The molecule has 2 amide bonds. The predicted molar refractivity (Wildman–Crippen MR) is 180 cm³/mol. The van der Waals surface area contributed by atoms with Crippen LogP contribution < -0.4 is 20.1 Å². The molecule has 0 bridgehead atoms. The summed E-state index contributed by atoms with van der Waals surface area (Å²) in [4.78, 5) is 26.1. The van der Waals surface area contributed by atoms with Crippen molar-refractivity contribution in [2.75, 3.05) is 16.6 Å². The summed E-state index contributed by atoms with van der Waals surface area (Å²) in [6.07, 6.45) is -0.502. The van der Waals surface area contributed by atoms with Gasteiger partial charge in [0.2, 0.25) is 5.69 Å². The molecule has 5 N–H and O–H groups in total. The normalized spacial score (nSPS) is 11.5. The summed E-state index contributed by atoms with van der Waals surface area (Å²) in [5, 5.41) is 9.77. The Labute approximate surface area is 295 Å². The number of aromatic nitrogens is 1. The van der Waals surface area contributed by atoms with Crippen LogP contribution in [-0.4, -0.2) is 41.2 Å². The molecule has 19 heteroatoms. The number of aromatic amines is 1. The Hall–Kier alpha value is -2.37. The van der Waals surface area contributed by atoms with Gasteiger partial charge >= 0.3 is 29.9 Å². The number of halogens is 2. The van der Waals surface area contributed by atoms with Crippen LogP contribution in [0.2, 0.25) is 0 Å². The zero-order chi connectivity index (χ0) is 31.6. The average molecular weight is 786 g/mol. The van der Waals surface area contributed by atoms with Gasteiger partial charge in [0.15, 0.2) is 8.79 Å². The molecule has 0 atom stereocenters. The molecule has 0 unspecified atom stereocenters. The van der Waals surface area contributed by atoms with Crippen LogP contribution in [0.15, 0.2) is 76.7 Å². The number of H-pyrrole nitrogens is 1. The largest absolute Gasteiger partial charge is 2.00 e. The molecular formula is C25H25Cl2N6O5S5Zn+5. The van der Waals surface area contributed by atoms with Crippen molar-refractivity contribution < 1.29 is 52.3 Å². The molecule has 11 nitrogen and oxygen atoms in total. The Morgan fingerprint density at radius 3 is 2.34 bits per heavy atom. The SMILES string of the molecule is CCOC(=O)/[NH+]=C(\S)[SH2+].O=C(Nc1ccc(S(=O)(=O)Nc2ccc([NH+]=Nc3ccc4[nH]c(=S)sc4c3)cc2)cc1)C(Cl)Cl.[Zn+2]. The summed E-state index contributed by atoms with van der Waals surface area (Å²) in [6, 6.07) is 17.9. The Balaban J connectivity index is 0.000000589. The van der Waals surface area contributed by atoms with Crippen LogP contribution in [0, 0.1) is 3.95 Å². The van der Waals surface area contributed by atoms with Crippen molar-refractivity contribution in [1.29, 1.82) is 0 Å². The van der Waals surface area contributed by atoms with Crippen LogP contribution in [0.3, 0.4) is 0 Å². The van der Waals surface area contributed by atoms with Gasteiger partial charge in [-0.25, -0.2) is 8.42 Å². The van der Waals surface area contributed by atoms with Crippen molar-refractivity contribution in [2.45, 2.75) is 16.7 Å². The van der Waals surface area contributed by atoms with Gasteiger partial charge in [0.05, 0.1) is 34.3 Å². The first-order valence-corrected chi connectivity index (χ1v) is 16.5. The molecule has 3 aromatic carbocycles. The molecule has 1 aromatic heterocycles. The summed E-state index contributed by atoms with van der Waals surface area (Å²) < 4.78 is 34.4. The van der Waals surface area contributed by atoms with Crippen molar-refractivity contribution in [3.8, 4) is 0 Å². The van der Waals surface area contributed by atoms with Crippen molar-refractivity contribution >= 4 is 131 Å². The average Bonchev–Trinajstić information content (AvgIpc) is 3.32. The van der Waals surface area contributed by atoms with E-state index in [0.717, 1.165) is 15.9 Å². The molecule has 1 heterocycles. The summed E-state index contributed by atoms with van der Waals surface area (Å²) >= 11 is 24.3. The quantitative estimate of drug-likeness (QED) is 0.0235. The first-order chi connectivity index (χ1) is 20.4. The van der Waals surface area contributed by atoms with E-state index in [2.05, 4.69) is 60.2 Å². The van der Waals surface area contributed by atoms with Crippen LogP contribution in [0.4, 0.5) is 27.5 Å². The van der Waals surface area contributed by atoms with Gasteiger partial charge in [-0.1, -0.05) is 33.3 Å². The molecule has 226 valence electrons. The Morgan fingerprint density at radius 1 is 1.11 bits per heavy atom. The van der Waals surface area contributed by atoms with Crippen LogP contribution in [0.1, 0.15) is 6.92 Å². The number of benzene rings is 3. The number of sulfonamides is 1.